The van der Waals surface area contributed by atoms with Crippen LogP contribution in [-0.2, 0) is 13.1 Å². The first-order valence-electron chi connectivity index (χ1n) is 12.8. The van der Waals surface area contributed by atoms with Gasteiger partial charge in [-0.2, -0.15) is 0 Å². The van der Waals surface area contributed by atoms with Crippen molar-refractivity contribution in [3.8, 4) is 0 Å². The standard InChI is InChI=1S/C29H42N4O/c1-5-10-24(4)32-18-15-28(16-19-32)33(29(34)31-27-14-9-11-23(3)20-27)22-26-13-8-7-12-25(26)21-30-17-6-2/h6-9,11-14,20,24,28,30H,2,5,10,15-19,21-22H2,1,3-4H3,(H,31,34). The van der Waals surface area contributed by atoms with E-state index >= 15 is 0 Å². The summed E-state index contributed by atoms with van der Waals surface area (Å²) in [7, 11) is 0. The maximum absolute atomic E-state index is 13.6. The molecule has 2 amide bonds. The zero-order chi connectivity index (χ0) is 24.3. The SMILES string of the molecule is C=CCNCc1ccccc1CN(C(=O)Nc1cccc(C)c1)C1CCN(C(C)CCC)CC1. The molecule has 184 valence electrons. The Morgan fingerprint density at radius 2 is 1.91 bits per heavy atom. The van der Waals surface area contributed by atoms with E-state index in [2.05, 4.69) is 65.1 Å². The lowest BCUT2D eigenvalue weighted by Gasteiger charge is -2.41. The zero-order valence-electron chi connectivity index (χ0n) is 21.2. The first-order valence-corrected chi connectivity index (χ1v) is 12.8. The summed E-state index contributed by atoms with van der Waals surface area (Å²) in [5.74, 6) is 0. The van der Waals surface area contributed by atoms with E-state index in [4.69, 9.17) is 0 Å². The molecule has 1 atom stereocenters. The van der Waals surface area contributed by atoms with Gasteiger partial charge in [-0.25, -0.2) is 4.79 Å². The van der Waals surface area contributed by atoms with Crippen molar-refractivity contribution >= 4 is 11.7 Å². The highest BCUT2D eigenvalue weighted by atomic mass is 16.2. The Hall–Kier alpha value is -2.63. The lowest BCUT2D eigenvalue weighted by molar-refractivity contribution is 0.0988. The van der Waals surface area contributed by atoms with Gasteiger partial charge in [-0.05, 0) is 61.9 Å². The van der Waals surface area contributed by atoms with Crippen molar-refractivity contribution in [2.75, 3.05) is 25.0 Å². The van der Waals surface area contributed by atoms with E-state index in [1.807, 2.05) is 37.3 Å². The number of amides is 2. The highest BCUT2D eigenvalue weighted by Gasteiger charge is 2.30. The molecule has 1 heterocycles. The van der Waals surface area contributed by atoms with Gasteiger partial charge in [0.05, 0.1) is 0 Å². The van der Waals surface area contributed by atoms with E-state index in [1.165, 1.54) is 24.0 Å². The summed E-state index contributed by atoms with van der Waals surface area (Å²) in [6.45, 7) is 14.7. The average Bonchev–Trinajstić information content (AvgIpc) is 2.84. The van der Waals surface area contributed by atoms with E-state index < -0.39 is 0 Å². The van der Waals surface area contributed by atoms with Crippen molar-refractivity contribution in [2.45, 2.75) is 71.6 Å². The predicted molar refractivity (Wildman–Crippen MR) is 143 cm³/mol. The maximum Gasteiger partial charge on any atom is 0.322 e. The normalized spacial score (nSPS) is 15.6. The highest BCUT2D eigenvalue weighted by Crippen LogP contribution is 2.24. The third-order valence-corrected chi connectivity index (χ3v) is 6.86. The Balaban J connectivity index is 1.77. The number of carbonyl (C=O) groups excluding carboxylic acids is 1. The molecule has 5 nitrogen and oxygen atoms in total. The molecule has 0 aromatic heterocycles. The zero-order valence-corrected chi connectivity index (χ0v) is 21.2. The van der Waals surface area contributed by atoms with E-state index in [-0.39, 0.29) is 12.1 Å². The summed E-state index contributed by atoms with van der Waals surface area (Å²) in [5.41, 5.74) is 4.41. The van der Waals surface area contributed by atoms with Gasteiger partial charge >= 0.3 is 6.03 Å². The molecule has 34 heavy (non-hydrogen) atoms. The van der Waals surface area contributed by atoms with E-state index in [0.717, 1.165) is 50.3 Å². The fraction of sp³-hybridized carbons (Fsp3) is 0.483. The van der Waals surface area contributed by atoms with E-state index in [1.54, 1.807) is 0 Å². The second-order valence-corrected chi connectivity index (χ2v) is 9.52. The van der Waals surface area contributed by atoms with Crippen LogP contribution in [0.4, 0.5) is 10.5 Å². The largest absolute Gasteiger partial charge is 0.322 e. The molecule has 0 aliphatic carbocycles. The van der Waals surface area contributed by atoms with Crippen molar-refractivity contribution < 1.29 is 4.79 Å². The van der Waals surface area contributed by atoms with Gasteiger partial charge in [-0.1, -0.05) is 55.8 Å². The highest BCUT2D eigenvalue weighted by molar-refractivity contribution is 5.89. The molecule has 0 spiro atoms. The van der Waals surface area contributed by atoms with Gasteiger partial charge in [0.15, 0.2) is 0 Å². The van der Waals surface area contributed by atoms with Crippen LogP contribution in [-0.4, -0.2) is 47.5 Å². The molecule has 0 radical (unpaired) electrons. The molecule has 0 saturated carbocycles. The molecule has 2 N–H and O–H groups in total. The topological polar surface area (TPSA) is 47.6 Å². The number of hydrogen-bond donors (Lipinski definition) is 2. The average molecular weight is 463 g/mol. The van der Waals surface area contributed by atoms with Crippen molar-refractivity contribution in [3.63, 3.8) is 0 Å². The number of urea groups is 1. The van der Waals surface area contributed by atoms with Gasteiger partial charge in [0.2, 0.25) is 0 Å². The van der Waals surface area contributed by atoms with Gasteiger partial charge in [-0.3, -0.25) is 0 Å². The van der Waals surface area contributed by atoms with Crippen LogP contribution in [0.3, 0.4) is 0 Å². The van der Waals surface area contributed by atoms with Crippen molar-refractivity contribution in [2.24, 2.45) is 0 Å². The molecule has 1 aliphatic heterocycles. The van der Waals surface area contributed by atoms with Gasteiger partial charge in [0.25, 0.3) is 0 Å². The molecule has 1 saturated heterocycles. The molecule has 2 aromatic carbocycles. The first kappa shape index (κ1) is 26.0. The number of benzene rings is 2. The number of rotatable bonds is 11. The number of nitrogens with zero attached hydrogens (tertiary/aromatic N) is 2. The fourth-order valence-corrected chi connectivity index (χ4v) is 4.90. The van der Waals surface area contributed by atoms with Crippen LogP contribution in [0.25, 0.3) is 0 Å². The van der Waals surface area contributed by atoms with E-state index in [0.29, 0.717) is 12.6 Å². The van der Waals surface area contributed by atoms with Crippen molar-refractivity contribution in [1.82, 2.24) is 15.1 Å². The Morgan fingerprint density at radius 3 is 2.59 bits per heavy atom. The third-order valence-electron chi connectivity index (χ3n) is 6.86. The number of anilines is 1. The van der Waals surface area contributed by atoms with Gasteiger partial charge in [0, 0.05) is 50.5 Å². The lowest BCUT2D eigenvalue weighted by Crippen LogP contribution is -2.50. The number of likely N-dealkylation sites (tertiary alicyclic amines) is 1. The monoisotopic (exact) mass is 462 g/mol. The quantitative estimate of drug-likeness (QED) is 0.320. The van der Waals surface area contributed by atoms with Crippen LogP contribution in [0, 0.1) is 6.92 Å². The maximum atomic E-state index is 13.6. The number of hydrogen-bond acceptors (Lipinski definition) is 3. The number of carbonyl (C=O) groups is 1. The Bertz CT molecular complexity index is 920. The Morgan fingerprint density at radius 1 is 1.18 bits per heavy atom. The van der Waals surface area contributed by atoms with Crippen LogP contribution in [0.2, 0.25) is 0 Å². The summed E-state index contributed by atoms with van der Waals surface area (Å²) < 4.78 is 0. The van der Waals surface area contributed by atoms with Crippen LogP contribution in [0.5, 0.6) is 0 Å². The predicted octanol–water partition coefficient (Wildman–Crippen LogP) is 5.96. The summed E-state index contributed by atoms with van der Waals surface area (Å²) in [6.07, 6.45) is 6.33. The van der Waals surface area contributed by atoms with E-state index in [9.17, 15) is 4.79 Å². The minimum Gasteiger partial charge on any atom is -0.317 e. The lowest BCUT2D eigenvalue weighted by atomic mass is 9.99. The van der Waals surface area contributed by atoms with Gasteiger partial charge in [-0.15, -0.1) is 6.58 Å². The fourth-order valence-electron chi connectivity index (χ4n) is 4.90. The summed E-state index contributed by atoms with van der Waals surface area (Å²) in [6, 6.07) is 17.3. The van der Waals surface area contributed by atoms with Crippen molar-refractivity contribution in [1.29, 1.82) is 0 Å². The molecule has 3 rings (SSSR count). The molecular formula is C29H42N4O. The molecule has 5 heteroatoms. The van der Waals surface area contributed by atoms with Gasteiger partial charge in [0.1, 0.15) is 0 Å². The molecule has 1 aliphatic rings. The number of aryl methyl sites for hydroxylation is 1. The van der Waals surface area contributed by atoms with Crippen molar-refractivity contribution in [3.05, 3.63) is 77.9 Å². The van der Waals surface area contributed by atoms with Crippen LogP contribution in [0.1, 0.15) is 56.2 Å². The second-order valence-electron chi connectivity index (χ2n) is 9.52. The van der Waals surface area contributed by atoms with Crippen LogP contribution >= 0.6 is 0 Å². The minimum atomic E-state index is -0.0143. The minimum absolute atomic E-state index is 0.0143. The molecular weight excluding hydrogens is 420 g/mol. The number of nitrogens with one attached hydrogen (secondary N) is 2. The second kappa shape index (κ2) is 13.3. The molecule has 2 aromatic rings. The summed E-state index contributed by atoms with van der Waals surface area (Å²) in [4.78, 5) is 18.2. The number of piperidine rings is 1. The molecule has 1 fully saturated rings. The molecule has 0 bridgehead atoms. The summed E-state index contributed by atoms with van der Waals surface area (Å²) in [5, 5.41) is 6.58. The van der Waals surface area contributed by atoms with Gasteiger partial charge < -0.3 is 20.4 Å². The summed E-state index contributed by atoms with van der Waals surface area (Å²) >= 11 is 0. The smallest absolute Gasteiger partial charge is 0.317 e. The van der Waals surface area contributed by atoms with Crippen LogP contribution < -0.4 is 10.6 Å². The Kier molecular flexibility index (Phi) is 10.2. The Labute approximate surface area is 206 Å². The first-order chi connectivity index (χ1) is 16.5. The molecule has 1 unspecified atom stereocenters. The van der Waals surface area contributed by atoms with Crippen LogP contribution in [0.15, 0.2) is 61.2 Å². The third kappa shape index (κ3) is 7.44.